The number of carbonyl (C=O) groups excluding carboxylic acids is 1. The van der Waals surface area contributed by atoms with E-state index in [9.17, 15) is 19.7 Å². The lowest BCUT2D eigenvalue weighted by atomic mass is 10.2. The van der Waals surface area contributed by atoms with Gasteiger partial charge in [0, 0.05) is 18.7 Å². The minimum Gasteiger partial charge on any atom is -0.395 e. The summed E-state index contributed by atoms with van der Waals surface area (Å²) in [6, 6.07) is 3.77. The molecule has 1 aromatic heterocycles. The van der Waals surface area contributed by atoms with Gasteiger partial charge in [0.15, 0.2) is 0 Å². The summed E-state index contributed by atoms with van der Waals surface area (Å²) in [4.78, 5) is 37.8. The zero-order valence-corrected chi connectivity index (χ0v) is 10.9. The van der Waals surface area contributed by atoms with Crippen LogP contribution < -0.4 is 10.9 Å². The number of hydrogen-bond acceptors (Lipinski definition) is 6. The Morgan fingerprint density at radius 3 is 2.90 bits per heavy atom. The molecule has 9 heteroatoms. The van der Waals surface area contributed by atoms with Crippen LogP contribution >= 0.6 is 0 Å². The molecular weight excluding hydrogens is 280 g/mol. The smallest absolute Gasteiger partial charge is 0.270 e. The van der Waals surface area contributed by atoms with E-state index >= 15 is 0 Å². The van der Waals surface area contributed by atoms with Gasteiger partial charge in [0.05, 0.1) is 28.8 Å². The van der Waals surface area contributed by atoms with E-state index < -0.39 is 16.4 Å². The largest absolute Gasteiger partial charge is 0.395 e. The monoisotopic (exact) mass is 292 g/mol. The number of nitrogens with zero attached hydrogens (tertiary/aromatic N) is 3. The van der Waals surface area contributed by atoms with Crippen LogP contribution in [0, 0.1) is 10.1 Å². The molecule has 110 valence electrons. The number of fused-ring (bicyclic) bond motifs is 1. The fourth-order valence-electron chi connectivity index (χ4n) is 1.78. The number of hydrogen-bond donors (Lipinski definition) is 2. The SMILES string of the molecule is O=C(Cn1cnc2ccc([N+](=O)[O-])cc2c1=O)NCCO. The van der Waals surface area contributed by atoms with Crippen LogP contribution in [0.3, 0.4) is 0 Å². The summed E-state index contributed by atoms with van der Waals surface area (Å²) in [6.45, 7) is -0.396. The molecule has 1 amide bonds. The highest BCUT2D eigenvalue weighted by Crippen LogP contribution is 2.16. The van der Waals surface area contributed by atoms with Gasteiger partial charge in [-0.05, 0) is 6.07 Å². The Morgan fingerprint density at radius 1 is 1.48 bits per heavy atom. The van der Waals surface area contributed by atoms with Gasteiger partial charge in [0.1, 0.15) is 6.54 Å². The highest BCUT2D eigenvalue weighted by molar-refractivity contribution is 5.80. The van der Waals surface area contributed by atoms with Crippen LogP contribution in [0.1, 0.15) is 0 Å². The summed E-state index contributed by atoms with van der Waals surface area (Å²) in [5.41, 5.74) is -0.440. The van der Waals surface area contributed by atoms with Crippen molar-refractivity contribution in [2.45, 2.75) is 6.54 Å². The first kappa shape index (κ1) is 14.6. The van der Waals surface area contributed by atoms with Gasteiger partial charge in [-0.25, -0.2) is 4.98 Å². The number of rotatable bonds is 5. The predicted octanol–water partition coefficient (Wildman–Crippen LogP) is -0.587. The van der Waals surface area contributed by atoms with Gasteiger partial charge in [0.2, 0.25) is 5.91 Å². The summed E-state index contributed by atoms with van der Waals surface area (Å²) < 4.78 is 1.05. The Bertz CT molecular complexity index is 755. The van der Waals surface area contributed by atoms with E-state index in [1.165, 1.54) is 18.5 Å². The summed E-state index contributed by atoms with van der Waals surface area (Å²) >= 11 is 0. The zero-order valence-electron chi connectivity index (χ0n) is 10.9. The van der Waals surface area contributed by atoms with Crippen LogP contribution in [0.25, 0.3) is 10.9 Å². The Kier molecular flexibility index (Phi) is 4.24. The van der Waals surface area contributed by atoms with E-state index in [-0.39, 0.29) is 30.8 Å². The van der Waals surface area contributed by atoms with Crippen LogP contribution in [0.2, 0.25) is 0 Å². The van der Waals surface area contributed by atoms with Gasteiger partial charge < -0.3 is 10.4 Å². The number of nitro groups is 1. The second-order valence-electron chi connectivity index (χ2n) is 4.21. The van der Waals surface area contributed by atoms with Crippen LogP contribution in [-0.2, 0) is 11.3 Å². The second kappa shape index (κ2) is 6.09. The highest BCUT2D eigenvalue weighted by Gasteiger charge is 2.12. The van der Waals surface area contributed by atoms with Gasteiger partial charge in [-0.1, -0.05) is 0 Å². The lowest BCUT2D eigenvalue weighted by Gasteiger charge is -2.06. The molecule has 0 fully saturated rings. The molecule has 0 saturated carbocycles. The van der Waals surface area contributed by atoms with E-state index in [0.29, 0.717) is 5.52 Å². The molecule has 0 radical (unpaired) electrons. The molecule has 2 N–H and O–H groups in total. The number of aliphatic hydroxyl groups is 1. The first-order valence-electron chi connectivity index (χ1n) is 6.04. The third-order valence-corrected chi connectivity index (χ3v) is 2.77. The highest BCUT2D eigenvalue weighted by atomic mass is 16.6. The molecule has 0 aliphatic heterocycles. The van der Waals surface area contributed by atoms with E-state index in [1.807, 2.05) is 0 Å². The molecular formula is C12H12N4O5. The van der Waals surface area contributed by atoms with Crippen molar-refractivity contribution in [1.29, 1.82) is 0 Å². The molecule has 9 nitrogen and oxygen atoms in total. The Balaban J connectivity index is 2.38. The van der Waals surface area contributed by atoms with E-state index in [4.69, 9.17) is 5.11 Å². The average Bonchev–Trinajstić information content (AvgIpc) is 2.47. The van der Waals surface area contributed by atoms with Gasteiger partial charge >= 0.3 is 0 Å². The van der Waals surface area contributed by atoms with Crippen molar-refractivity contribution in [3.63, 3.8) is 0 Å². The normalized spacial score (nSPS) is 10.5. The number of nitro benzene ring substituents is 1. The molecule has 2 aromatic rings. The summed E-state index contributed by atoms with van der Waals surface area (Å²) in [5, 5.41) is 21.8. The molecule has 0 aliphatic carbocycles. The third-order valence-electron chi connectivity index (χ3n) is 2.77. The molecule has 0 saturated heterocycles. The summed E-state index contributed by atoms with van der Waals surface area (Å²) in [5.74, 6) is -0.460. The lowest BCUT2D eigenvalue weighted by molar-refractivity contribution is -0.384. The maximum atomic E-state index is 12.2. The third kappa shape index (κ3) is 3.20. The maximum Gasteiger partial charge on any atom is 0.270 e. The molecule has 21 heavy (non-hydrogen) atoms. The van der Waals surface area contributed by atoms with E-state index in [0.717, 1.165) is 10.6 Å². The van der Waals surface area contributed by atoms with Gasteiger partial charge in [-0.2, -0.15) is 0 Å². The Hall–Kier alpha value is -2.81. The van der Waals surface area contributed by atoms with E-state index in [1.54, 1.807) is 0 Å². The summed E-state index contributed by atoms with van der Waals surface area (Å²) in [6.07, 6.45) is 1.20. The van der Waals surface area contributed by atoms with Crippen LogP contribution in [-0.4, -0.2) is 38.6 Å². The molecule has 2 rings (SSSR count). The summed E-state index contributed by atoms with van der Waals surface area (Å²) in [7, 11) is 0. The minimum atomic E-state index is -0.607. The van der Waals surface area contributed by atoms with Gasteiger partial charge in [-0.15, -0.1) is 0 Å². The number of aliphatic hydroxyl groups excluding tert-OH is 1. The topological polar surface area (TPSA) is 127 Å². The number of benzene rings is 1. The Labute approximate surface area is 118 Å². The van der Waals surface area contributed by atoms with Crippen LogP contribution in [0.4, 0.5) is 5.69 Å². The number of non-ortho nitro benzene ring substituents is 1. The van der Waals surface area contributed by atoms with Crippen LogP contribution in [0.15, 0.2) is 29.3 Å². The van der Waals surface area contributed by atoms with Crippen molar-refractivity contribution in [3.8, 4) is 0 Å². The molecule has 0 bridgehead atoms. The second-order valence-corrected chi connectivity index (χ2v) is 4.21. The van der Waals surface area contributed by atoms with Crippen molar-refractivity contribution >= 4 is 22.5 Å². The predicted molar refractivity (Wildman–Crippen MR) is 72.8 cm³/mol. The number of aromatic nitrogens is 2. The fourth-order valence-corrected chi connectivity index (χ4v) is 1.78. The minimum absolute atomic E-state index is 0.0710. The van der Waals surface area contributed by atoms with Crippen molar-refractivity contribution < 1.29 is 14.8 Å². The number of carbonyl (C=O) groups is 1. The standard InChI is InChI=1S/C12H12N4O5/c17-4-3-13-11(18)6-15-7-14-10-2-1-8(16(20)21)5-9(10)12(15)19/h1-2,5,7,17H,3-4,6H2,(H,13,18). The molecule has 0 aliphatic rings. The fraction of sp³-hybridized carbons (Fsp3) is 0.250. The maximum absolute atomic E-state index is 12.2. The number of amides is 1. The van der Waals surface area contributed by atoms with E-state index in [2.05, 4.69) is 10.3 Å². The quantitative estimate of drug-likeness (QED) is 0.560. The zero-order chi connectivity index (χ0) is 15.4. The first-order valence-corrected chi connectivity index (χ1v) is 6.04. The lowest BCUT2D eigenvalue weighted by Crippen LogP contribution is -2.33. The van der Waals surface area contributed by atoms with Gasteiger partial charge in [-0.3, -0.25) is 24.3 Å². The molecule has 1 heterocycles. The average molecular weight is 292 g/mol. The van der Waals surface area contributed by atoms with Crippen LogP contribution in [0.5, 0.6) is 0 Å². The van der Waals surface area contributed by atoms with Gasteiger partial charge in [0.25, 0.3) is 11.2 Å². The van der Waals surface area contributed by atoms with Crippen molar-refractivity contribution in [1.82, 2.24) is 14.9 Å². The molecule has 0 unspecified atom stereocenters. The Morgan fingerprint density at radius 2 is 2.24 bits per heavy atom. The first-order chi connectivity index (χ1) is 10.0. The molecule has 0 spiro atoms. The van der Waals surface area contributed by atoms with Crippen molar-refractivity contribution in [2.75, 3.05) is 13.2 Å². The number of nitrogens with one attached hydrogen (secondary N) is 1. The van der Waals surface area contributed by atoms with Crippen molar-refractivity contribution in [3.05, 3.63) is 45.0 Å². The van der Waals surface area contributed by atoms with Crippen molar-refractivity contribution in [2.24, 2.45) is 0 Å². The molecule has 0 atom stereocenters. The molecule has 1 aromatic carbocycles.